The maximum atomic E-state index is 14.2. The van der Waals surface area contributed by atoms with Crippen molar-refractivity contribution >= 4 is 26.7 Å². The highest BCUT2D eigenvalue weighted by Crippen LogP contribution is 2.25. The number of ether oxygens (including phenoxy) is 1. The molecular formula is C34H35N3O4S. The summed E-state index contributed by atoms with van der Waals surface area (Å²) in [6.45, 7) is 1.16. The fourth-order valence-electron chi connectivity index (χ4n) is 5.54. The van der Waals surface area contributed by atoms with Gasteiger partial charge in [0.15, 0.2) is 0 Å². The van der Waals surface area contributed by atoms with Gasteiger partial charge in [-0.1, -0.05) is 85.6 Å². The zero-order valence-electron chi connectivity index (χ0n) is 23.5. The van der Waals surface area contributed by atoms with Crippen molar-refractivity contribution in [2.75, 3.05) is 13.2 Å². The number of hydrogen-bond donors (Lipinski definition) is 1. The molecule has 0 saturated heterocycles. The monoisotopic (exact) mass is 581 g/mol. The summed E-state index contributed by atoms with van der Waals surface area (Å²) in [4.78, 5) is 16.2. The predicted octanol–water partition coefficient (Wildman–Crippen LogP) is 5.59. The molecule has 8 heteroatoms. The van der Waals surface area contributed by atoms with Gasteiger partial charge in [-0.2, -0.15) is 9.98 Å². The number of hydrogen-bond acceptors (Lipinski definition) is 5. The van der Waals surface area contributed by atoms with Crippen LogP contribution >= 0.6 is 0 Å². The van der Waals surface area contributed by atoms with Gasteiger partial charge in [0.2, 0.25) is 15.9 Å². The molecule has 5 rings (SSSR count). The van der Waals surface area contributed by atoms with Gasteiger partial charge in [0.25, 0.3) is 0 Å². The first-order valence-electron chi connectivity index (χ1n) is 14.4. The van der Waals surface area contributed by atoms with Crippen LogP contribution in [-0.2, 0) is 32.6 Å². The Kier molecular flexibility index (Phi) is 9.65. The van der Waals surface area contributed by atoms with Crippen molar-refractivity contribution in [3.63, 3.8) is 0 Å². The second kappa shape index (κ2) is 13.8. The second-order valence-corrected chi connectivity index (χ2v) is 12.4. The van der Waals surface area contributed by atoms with Crippen molar-refractivity contribution in [3.8, 4) is 6.07 Å². The maximum absolute atomic E-state index is 14.2. The molecule has 0 aliphatic heterocycles. The van der Waals surface area contributed by atoms with E-state index >= 15 is 0 Å². The molecule has 216 valence electrons. The number of nitriles is 1. The number of sulfonamides is 1. The van der Waals surface area contributed by atoms with E-state index in [1.807, 2.05) is 59.5 Å². The van der Waals surface area contributed by atoms with E-state index < -0.39 is 16.1 Å². The van der Waals surface area contributed by atoms with Gasteiger partial charge in [-0.3, -0.25) is 4.79 Å². The van der Waals surface area contributed by atoms with Crippen molar-refractivity contribution in [2.45, 2.75) is 55.7 Å². The number of nitrogens with zero attached hydrogens (tertiary/aromatic N) is 2. The molecule has 42 heavy (non-hydrogen) atoms. The molecule has 1 saturated carbocycles. The van der Waals surface area contributed by atoms with Crippen LogP contribution in [0.4, 0.5) is 0 Å². The van der Waals surface area contributed by atoms with Gasteiger partial charge in [-0.25, -0.2) is 8.42 Å². The summed E-state index contributed by atoms with van der Waals surface area (Å²) in [5.41, 5.74) is 2.32. The van der Waals surface area contributed by atoms with Gasteiger partial charge >= 0.3 is 0 Å². The van der Waals surface area contributed by atoms with Gasteiger partial charge in [-0.15, -0.1) is 0 Å². The van der Waals surface area contributed by atoms with Crippen LogP contribution in [0.2, 0.25) is 0 Å². The zero-order valence-corrected chi connectivity index (χ0v) is 24.3. The molecule has 1 aliphatic carbocycles. The van der Waals surface area contributed by atoms with E-state index in [4.69, 9.17) is 4.74 Å². The quantitative estimate of drug-likeness (QED) is 0.220. The summed E-state index contributed by atoms with van der Waals surface area (Å²) in [5.74, 6) is -0.265. The lowest BCUT2D eigenvalue weighted by Crippen LogP contribution is -2.53. The summed E-state index contributed by atoms with van der Waals surface area (Å²) in [5, 5.41) is 10.9. The lowest BCUT2D eigenvalue weighted by molar-refractivity contribution is -0.136. The Morgan fingerprint density at radius 1 is 0.905 bits per heavy atom. The van der Waals surface area contributed by atoms with Gasteiger partial charge in [-0.05, 0) is 65.4 Å². The summed E-state index contributed by atoms with van der Waals surface area (Å²) in [6, 6.07) is 30.4. The van der Waals surface area contributed by atoms with Crippen LogP contribution in [0.5, 0.6) is 0 Å². The molecule has 0 aromatic heterocycles. The minimum Gasteiger partial charge on any atom is -0.375 e. The number of fused-ring (bicyclic) bond motifs is 1. The first-order chi connectivity index (χ1) is 20.4. The van der Waals surface area contributed by atoms with Crippen LogP contribution in [0.3, 0.4) is 0 Å². The molecule has 0 spiro atoms. The Morgan fingerprint density at radius 3 is 2.31 bits per heavy atom. The third-order valence-corrected chi connectivity index (χ3v) is 9.26. The second-order valence-electron chi connectivity index (χ2n) is 10.7. The molecule has 0 radical (unpaired) electrons. The van der Waals surface area contributed by atoms with E-state index in [0.29, 0.717) is 25.3 Å². The largest absolute Gasteiger partial charge is 0.375 e. The number of nitrogens with one attached hydrogen (secondary N) is 1. The number of amides is 1. The van der Waals surface area contributed by atoms with Crippen molar-refractivity contribution in [2.24, 2.45) is 0 Å². The predicted molar refractivity (Wildman–Crippen MR) is 163 cm³/mol. The van der Waals surface area contributed by atoms with E-state index in [9.17, 15) is 18.5 Å². The number of carbonyl (C=O) groups excluding carboxylic acids is 1. The number of carbonyl (C=O) groups is 1. The maximum Gasteiger partial charge on any atom is 0.241 e. The van der Waals surface area contributed by atoms with E-state index in [-0.39, 0.29) is 23.3 Å². The standard InChI is InChI=1S/C34H35N3O4S/c35-24-27-16-14-26(15-17-27)22-33(36-42(39,40)32-19-18-29-10-4-5-11-30(29)23-32)34(38)37(31-12-6-7-13-31)20-21-41-25-28-8-2-1-3-9-28/h1-5,8-11,14-19,23,31,33,36H,6-7,12-13,20-22,25H2/t33-/m0/s1. The Morgan fingerprint density at radius 2 is 1.60 bits per heavy atom. The molecule has 0 unspecified atom stereocenters. The van der Waals surface area contributed by atoms with Crippen molar-refractivity contribution in [3.05, 3.63) is 114 Å². The molecule has 0 bridgehead atoms. The first-order valence-corrected chi connectivity index (χ1v) is 15.8. The fourth-order valence-corrected chi connectivity index (χ4v) is 6.76. The van der Waals surface area contributed by atoms with E-state index in [2.05, 4.69) is 10.8 Å². The third kappa shape index (κ3) is 7.42. The summed E-state index contributed by atoms with van der Waals surface area (Å²) in [6.07, 6.45) is 3.98. The van der Waals surface area contributed by atoms with Crippen LogP contribution in [0, 0.1) is 11.3 Å². The average Bonchev–Trinajstić information content (AvgIpc) is 3.56. The number of rotatable bonds is 12. The first kappa shape index (κ1) is 29.5. The van der Waals surface area contributed by atoms with E-state index in [1.54, 1.807) is 42.5 Å². The highest BCUT2D eigenvalue weighted by molar-refractivity contribution is 7.89. The van der Waals surface area contributed by atoms with Gasteiger partial charge in [0, 0.05) is 12.6 Å². The summed E-state index contributed by atoms with van der Waals surface area (Å²) >= 11 is 0. The Bertz CT molecular complexity index is 1640. The molecule has 4 aromatic carbocycles. The van der Waals surface area contributed by atoms with Gasteiger partial charge in [0.05, 0.1) is 29.7 Å². The molecular weight excluding hydrogens is 546 g/mol. The van der Waals surface area contributed by atoms with Crippen LogP contribution < -0.4 is 4.72 Å². The van der Waals surface area contributed by atoms with Crippen LogP contribution in [0.25, 0.3) is 10.8 Å². The van der Waals surface area contributed by atoms with E-state index in [0.717, 1.165) is 47.6 Å². The smallest absolute Gasteiger partial charge is 0.241 e. The minimum atomic E-state index is -4.03. The summed E-state index contributed by atoms with van der Waals surface area (Å²) in [7, 11) is -4.03. The topological polar surface area (TPSA) is 99.5 Å². The molecule has 4 aromatic rings. The highest BCUT2D eigenvalue weighted by Gasteiger charge is 2.34. The van der Waals surface area contributed by atoms with Crippen LogP contribution in [-0.4, -0.2) is 44.5 Å². The van der Waals surface area contributed by atoms with E-state index in [1.165, 1.54) is 0 Å². The Balaban J connectivity index is 1.39. The van der Waals surface area contributed by atoms with Gasteiger partial charge < -0.3 is 9.64 Å². The van der Waals surface area contributed by atoms with Crippen molar-refractivity contribution < 1.29 is 17.9 Å². The van der Waals surface area contributed by atoms with Crippen molar-refractivity contribution in [1.82, 2.24) is 9.62 Å². The number of benzene rings is 4. The average molecular weight is 582 g/mol. The Hall–Kier alpha value is -4.03. The molecule has 0 heterocycles. The minimum absolute atomic E-state index is 0.0338. The lowest BCUT2D eigenvalue weighted by Gasteiger charge is -2.33. The molecule has 7 nitrogen and oxygen atoms in total. The molecule has 1 fully saturated rings. The Labute approximate surface area is 247 Å². The van der Waals surface area contributed by atoms with Crippen LogP contribution in [0.1, 0.15) is 42.4 Å². The SMILES string of the molecule is N#Cc1ccc(C[C@H](NS(=O)(=O)c2ccc3ccccc3c2)C(=O)N(CCOCc2ccccc2)C2CCCC2)cc1. The lowest BCUT2D eigenvalue weighted by atomic mass is 10.0. The third-order valence-electron chi connectivity index (χ3n) is 7.79. The molecule has 1 atom stereocenters. The normalized spacial score (nSPS) is 14.5. The van der Waals surface area contributed by atoms with Crippen LogP contribution in [0.15, 0.2) is 102 Å². The highest BCUT2D eigenvalue weighted by atomic mass is 32.2. The molecule has 1 aliphatic rings. The summed E-state index contributed by atoms with van der Waals surface area (Å²) < 4.78 is 36.1. The molecule has 1 amide bonds. The zero-order chi connectivity index (χ0) is 29.4. The fraction of sp³-hybridized carbons (Fsp3) is 0.294. The molecule has 1 N–H and O–H groups in total. The van der Waals surface area contributed by atoms with Crippen molar-refractivity contribution in [1.29, 1.82) is 5.26 Å². The van der Waals surface area contributed by atoms with Gasteiger partial charge in [0.1, 0.15) is 6.04 Å².